The molecule has 0 saturated carbocycles. The van der Waals surface area contributed by atoms with Crippen LogP contribution < -0.4 is 10.6 Å². The van der Waals surface area contributed by atoms with E-state index in [4.69, 9.17) is 17.0 Å². The molecule has 152 valence electrons. The highest BCUT2D eigenvalue weighted by Gasteiger charge is 2.24. The number of nitrogens with zero attached hydrogens (tertiary/aromatic N) is 2. The van der Waals surface area contributed by atoms with Gasteiger partial charge in [-0.1, -0.05) is 44.2 Å². The van der Waals surface area contributed by atoms with Crippen LogP contribution in [0.3, 0.4) is 0 Å². The first kappa shape index (κ1) is 21.6. The predicted octanol–water partition coefficient (Wildman–Crippen LogP) is 2.57. The molecule has 1 atom stereocenters. The topological polar surface area (TPSA) is 101 Å². The monoisotopic (exact) mass is 405 g/mol. The van der Waals surface area contributed by atoms with Gasteiger partial charge in [0.25, 0.3) is 0 Å². The molecule has 0 aliphatic rings. The van der Waals surface area contributed by atoms with E-state index >= 15 is 0 Å². The van der Waals surface area contributed by atoms with Crippen molar-refractivity contribution in [1.29, 1.82) is 0 Å². The summed E-state index contributed by atoms with van der Waals surface area (Å²) >= 11 is 5.15. The summed E-state index contributed by atoms with van der Waals surface area (Å²) < 4.78 is 7.64. The van der Waals surface area contributed by atoms with E-state index in [0.29, 0.717) is 24.3 Å². The molecule has 1 heterocycles. The Balaban J connectivity index is 1.83. The number of nitrogens with one attached hydrogen (secondary N) is 3. The van der Waals surface area contributed by atoms with Crippen LogP contribution in [0.2, 0.25) is 0 Å². The minimum absolute atomic E-state index is 0.0884. The van der Waals surface area contributed by atoms with Crippen molar-refractivity contribution in [1.82, 2.24) is 25.4 Å². The molecule has 28 heavy (non-hydrogen) atoms. The fraction of sp³-hybridized carbons (Fsp3) is 0.474. The van der Waals surface area contributed by atoms with E-state index in [-0.39, 0.29) is 18.4 Å². The SMILES string of the molecule is CCn1c(CCNC(=O)[C@@H](NC(=O)OCc2ccccc2)C(C)C)n[nH]c1=S. The number of benzene rings is 1. The van der Waals surface area contributed by atoms with Crippen molar-refractivity contribution < 1.29 is 14.3 Å². The first-order valence-corrected chi connectivity index (χ1v) is 9.72. The van der Waals surface area contributed by atoms with Gasteiger partial charge in [-0.3, -0.25) is 9.89 Å². The molecule has 0 radical (unpaired) electrons. The Bertz CT molecular complexity index is 832. The molecule has 2 amide bonds. The quantitative estimate of drug-likeness (QED) is 0.557. The maximum Gasteiger partial charge on any atom is 0.408 e. The first-order chi connectivity index (χ1) is 13.4. The second-order valence-corrected chi connectivity index (χ2v) is 7.04. The summed E-state index contributed by atoms with van der Waals surface area (Å²) in [6, 6.07) is 8.69. The van der Waals surface area contributed by atoms with Crippen LogP contribution in [-0.2, 0) is 29.1 Å². The maximum absolute atomic E-state index is 12.5. The summed E-state index contributed by atoms with van der Waals surface area (Å²) in [5, 5.41) is 12.4. The number of aromatic amines is 1. The van der Waals surface area contributed by atoms with Gasteiger partial charge in [0.2, 0.25) is 5.91 Å². The third kappa shape index (κ3) is 6.19. The van der Waals surface area contributed by atoms with Gasteiger partial charge in [-0.15, -0.1) is 0 Å². The summed E-state index contributed by atoms with van der Waals surface area (Å²) in [4.78, 5) is 24.6. The zero-order valence-electron chi connectivity index (χ0n) is 16.4. The Morgan fingerprint density at radius 3 is 2.64 bits per heavy atom. The van der Waals surface area contributed by atoms with Crippen molar-refractivity contribution in [2.45, 2.75) is 46.4 Å². The van der Waals surface area contributed by atoms with Gasteiger partial charge in [-0.25, -0.2) is 4.79 Å². The third-order valence-corrected chi connectivity index (χ3v) is 4.55. The fourth-order valence-electron chi connectivity index (χ4n) is 2.70. The van der Waals surface area contributed by atoms with Crippen LogP contribution in [0.25, 0.3) is 0 Å². The molecular formula is C19H27N5O3S. The molecule has 2 aromatic rings. The van der Waals surface area contributed by atoms with Crippen LogP contribution in [0.5, 0.6) is 0 Å². The second kappa shape index (κ2) is 10.6. The zero-order chi connectivity index (χ0) is 20.5. The Labute approximate surface area is 169 Å². The van der Waals surface area contributed by atoms with Gasteiger partial charge in [0.15, 0.2) is 4.77 Å². The van der Waals surface area contributed by atoms with Gasteiger partial charge in [0.1, 0.15) is 18.5 Å². The number of amides is 2. The van der Waals surface area contributed by atoms with Crippen molar-refractivity contribution in [3.63, 3.8) is 0 Å². The summed E-state index contributed by atoms with van der Waals surface area (Å²) in [6.45, 7) is 6.96. The van der Waals surface area contributed by atoms with Gasteiger partial charge in [-0.05, 0) is 30.6 Å². The van der Waals surface area contributed by atoms with Gasteiger partial charge in [-0.2, -0.15) is 5.10 Å². The van der Waals surface area contributed by atoms with E-state index in [1.54, 1.807) is 0 Å². The Morgan fingerprint density at radius 1 is 1.29 bits per heavy atom. The summed E-state index contributed by atoms with van der Waals surface area (Å²) in [5.74, 6) is 0.433. The molecule has 1 aromatic carbocycles. The number of rotatable bonds is 9. The second-order valence-electron chi connectivity index (χ2n) is 6.66. The summed E-state index contributed by atoms with van der Waals surface area (Å²) in [5.41, 5.74) is 0.882. The Hall–Kier alpha value is -2.68. The van der Waals surface area contributed by atoms with Crippen molar-refractivity contribution in [2.24, 2.45) is 5.92 Å². The molecule has 0 bridgehead atoms. The molecule has 0 aliphatic carbocycles. The molecule has 0 saturated heterocycles. The lowest BCUT2D eigenvalue weighted by atomic mass is 10.0. The van der Waals surface area contributed by atoms with E-state index < -0.39 is 12.1 Å². The van der Waals surface area contributed by atoms with Crippen molar-refractivity contribution in [3.8, 4) is 0 Å². The van der Waals surface area contributed by atoms with Crippen molar-refractivity contribution >= 4 is 24.2 Å². The molecule has 3 N–H and O–H groups in total. The number of carbonyl (C=O) groups excluding carboxylic acids is 2. The molecule has 0 fully saturated rings. The molecular weight excluding hydrogens is 378 g/mol. The molecule has 0 spiro atoms. The summed E-state index contributed by atoms with van der Waals surface area (Å²) in [7, 11) is 0. The lowest BCUT2D eigenvalue weighted by Gasteiger charge is -2.21. The normalized spacial score (nSPS) is 11.9. The minimum atomic E-state index is -0.685. The molecule has 2 rings (SSSR count). The van der Waals surface area contributed by atoms with E-state index in [0.717, 1.165) is 11.4 Å². The average Bonchev–Trinajstić information content (AvgIpc) is 3.04. The largest absolute Gasteiger partial charge is 0.445 e. The lowest BCUT2D eigenvalue weighted by Crippen LogP contribution is -2.50. The maximum atomic E-state index is 12.5. The van der Waals surface area contributed by atoms with Gasteiger partial charge in [0.05, 0.1) is 0 Å². The number of H-pyrrole nitrogens is 1. The molecule has 1 aromatic heterocycles. The number of hydrogen-bond acceptors (Lipinski definition) is 5. The smallest absolute Gasteiger partial charge is 0.408 e. The third-order valence-electron chi connectivity index (χ3n) is 4.24. The number of aromatic nitrogens is 3. The van der Waals surface area contributed by atoms with Crippen LogP contribution in [0.4, 0.5) is 4.79 Å². The number of alkyl carbamates (subject to hydrolysis) is 1. The first-order valence-electron chi connectivity index (χ1n) is 9.31. The van der Waals surface area contributed by atoms with Crippen LogP contribution in [0.15, 0.2) is 30.3 Å². The van der Waals surface area contributed by atoms with Crippen molar-refractivity contribution in [3.05, 3.63) is 46.5 Å². The molecule has 9 heteroatoms. The van der Waals surface area contributed by atoms with Crippen molar-refractivity contribution in [2.75, 3.05) is 6.54 Å². The van der Waals surface area contributed by atoms with Crippen LogP contribution in [0.1, 0.15) is 32.2 Å². The van der Waals surface area contributed by atoms with E-state index in [1.807, 2.05) is 55.7 Å². The highest BCUT2D eigenvalue weighted by Crippen LogP contribution is 2.05. The van der Waals surface area contributed by atoms with Crippen LogP contribution >= 0.6 is 12.2 Å². The zero-order valence-corrected chi connectivity index (χ0v) is 17.2. The Kier molecular flexibility index (Phi) is 8.19. The fourth-order valence-corrected chi connectivity index (χ4v) is 2.98. The number of hydrogen-bond donors (Lipinski definition) is 3. The molecule has 0 aliphatic heterocycles. The van der Waals surface area contributed by atoms with Crippen LogP contribution in [-0.4, -0.2) is 39.4 Å². The molecule has 0 unspecified atom stereocenters. The Morgan fingerprint density at radius 2 is 2.00 bits per heavy atom. The van der Waals surface area contributed by atoms with Crippen LogP contribution in [0, 0.1) is 10.7 Å². The van der Waals surface area contributed by atoms with E-state index in [1.165, 1.54) is 0 Å². The lowest BCUT2D eigenvalue weighted by molar-refractivity contribution is -0.124. The highest BCUT2D eigenvalue weighted by molar-refractivity contribution is 7.71. The van der Waals surface area contributed by atoms with E-state index in [9.17, 15) is 9.59 Å². The minimum Gasteiger partial charge on any atom is -0.445 e. The van der Waals surface area contributed by atoms with Gasteiger partial charge >= 0.3 is 6.09 Å². The predicted molar refractivity (Wildman–Crippen MR) is 108 cm³/mol. The average molecular weight is 406 g/mol. The highest BCUT2D eigenvalue weighted by atomic mass is 32.1. The number of carbonyl (C=O) groups is 2. The molecule has 8 nitrogen and oxygen atoms in total. The number of ether oxygens (including phenoxy) is 1. The summed E-state index contributed by atoms with van der Waals surface area (Å²) in [6.07, 6.45) is -0.0831. The standard InChI is InChI=1S/C19H27N5O3S/c1-4-24-15(22-23-18(24)28)10-11-20-17(25)16(13(2)3)21-19(26)27-12-14-8-6-5-7-9-14/h5-9,13,16H,4,10-12H2,1-3H3,(H,20,25)(H,21,26)(H,23,28)/t16-/m0/s1. The van der Waals surface area contributed by atoms with Gasteiger partial charge in [0, 0.05) is 19.5 Å². The van der Waals surface area contributed by atoms with E-state index in [2.05, 4.69) is 20.8 Å². The van der Waals surface area contributed by atoms with Gasteiger partial charge < -0.3 is 19.9 Å².